The number of hydrogen-bond donors (Lipinski definition) is 3. The summed E-state index contributed by atoms with van der Waals surface area (Å²) in [6.45, 7) is 2.78. The molecule has 2 aromatic carbocycles. The Labute approximate surface area is 151 Å². The number of anilines is 3. The summed E-state index contributed by atoms with van der Waals surface area (Å²) in [7, 11) is 0. The molecule has 5 nitrogen and oxygen atoms in total. The first-order valence-electron chi connectivity index (χ1n) is 8.95. The molecule has 1 heterocycles. The molecule has 1 aliphatic carbocycles. The van der Waals surface area contributed by atoms with Gasteiger partial charge >= 0.3 is 0 Å². The van der Waals surface area contributed by atoms with Crippen LogP contribution in [-0.2, 0) is 0 Å². The van der Waals surface area contributed by atoms with Gasteiger partial charge in [-0.25, -0.2) is 0 Å². The first-order valence-corrected chi connectivity index (χ1v) is 8.95. The third-order valence-electron chi connectivity index (χ3n) is 4.97. The molecule has 26 heavy (non-hydrogen) atoms. The standard InChI is InChI=1S/C21H21N3O2/c1-2-13-7-9-14(10-8-13)11-23-18-19(21(26)20(18)25)24-17-12-22-16-6-4-3-5-15(16)17/h3-9,12,14,22-24H,2,10-11H2,1H3. The Morgan fingerprint density at radius 2 is 1.96 bits per heavy atom. The van der Waals surface area contributed by atoms with Crippen LogP contribution in [0.1, 0.15) is 19.8 Å². The summed E-state index contributed by atoms with van der Waals surface area (Å²) in [5.41, 5.74) is 2.94. The molecule has 0 aliphatic heterocycles. The Morgan fingerprint density at radius 1 is 1.15 bits per heavy atom. The van der Waals surface area contributed by atoms with Crippen LogP contribution in [0.4, 0.5) is 17.1 Å². The second-order valence-electron chi connectivity index (χ2n) is 6.65. The first-order chi connectivity index (χ1) is 12.7. The fraction of sp³-hybridized carbons (Fsp3) is 0.238. The Bertz CT molecular complexity index is 1080. The number of aromatic nitrogens is 1. The van der Waals surface area contributed by atoms with Crippen LogP contribution in [-0.4, -0.2) is 11.5 Å². The molecule has 1 unspecified atom stereocenters. The van der Waals surface area contributed by atoms with E-state index in [0.717, 1.165) is 29.4 Å². The van der Waals surface area contributed by atoms with Gasteiger partial charge in [-0.3, -0.25) is 9.59 Å². The second kappa shape index (κ2) is 6.67. The fourth-order valence-electron chi connectivity index (χ4n) is 3.34. The van der Waals surface area contributed by atoms with E-state index in [1.165, 1.54) is 5.57 Å². The van der Waals surface area contributed by atoms with Crippen molar-refractivity contribution >= 4 is 28.0 Å². The molecule has 1 aromatic heterocycles. The summed E-state index contributed by atoms with van der Waals surface area (Å²) in [6, 6.07) is 7.83. The minimum absolute atomic E-state index is 0.329. The minimum Gasteiger partial charge on any atom is -0.379 e. The normalized spacial score (nSPS) is 16.8. The molecular formula is C21H21N3O2. The molecule has 3 aromatic rings. The van der Waals surface area contributed by atoms with Crippen molar-refractivity contribution in [3.05, 3.63) is 74.7 Å². The minimum atomic E-state index is -0.467. The summed E-state index contributed by atoms with van der Waals surface area (Å²) in [4.78, 5) is 27.2. The molecule has 4 rings (SSSR count). The van der Waals surface area contributed by atoms with Gasteiger partial charge in [-0.2, -0.15) is 0 Å². The highest BCUT2D eigenvalue weighted by Crippen LogP contribution is 2.28. The van der Waals surface area contributed by atoms with Gasteiger partial charge in [0.05, 0.1) is 5.69 Å². The van der Waals surface area contributed by atoms with Gasteiger partial charge < -0.3 is 15.6 Å². The van der Waals surface area contributed by atoms with Crippen molar-refractivity contribution in [1.82, 2.24) is 4.98 Å². The Kier molecular flexibility index (Phi) is 4.21. The molecule has 5 heteroatoms. The number of rotatable bonds is 6. The van der Waals surface area contributed by atoms with Crippen molar-refractivity contribution in [3.8, 4) is 0 Å². The van der Waals surface area contributed by atoms with Crippen molar-refractivity contribution in [2.75, 3.05) is 17.2 Å². The van der Waals surface area contributed by atoms with Crippen LogP contribution in [0.5, 0.6) is 0 Å². The van der Waals surface area contributed by atoms with Crippen LogP contribution in [0.25, 0.3) is 10.9 Å². The number of H-pyrrole nitrogens is 1. The molecule has 0 bridgehead atoms. The monoisotopic (exact) mass is 347 g/mol. The van der Waals surface area contributed by atoms with E-state index >= 15 is 0 Å². The van der Waals surface area contributed by atoms with Crippen molar-refractivity contribution in [3.63, 3.8) is 0 Å². The predicted octanol–water partition coefficient (Wildman–Crippen LogP) is 3.83. The molecular weight excluding hydrogens is 326 g/mol. The van der Waals surface area contributed by atoms with E-state index in [9.17, 15) is 9.59 Å². The zero-order valence-electron chi connectivity index (χ0n) is 14.6. The van der Waals surface area contributed by atoms with E-state index in [1.54, 1.807) is 0 Å². The zero-order chi connectivity index (χ0) is 18.1. The molecule has 0 amide bonds. The molecule has 1 atom stereocenters. The van der Waals surface area contributed by atoms with Gasteiger partial charge in [-0.15, -0.1) is 0 Å². The van der Waals surface area contributed by atoms with E-state index in [4.69, 9.17) is 0 Å². The van der Waals surface area contributed by atoms with Gasteiger partial charge in [-0.05, 0) is 24.8 Å². The third-order valence-corrected chi connectivity index (χ3v) is 4.97. The van der Waals surface area contributed by atoms with Crippen molar-refractivity contribution < 1.29 is 0 Å². The molecule has 1 aliphatic rings. The van der Waals surface area contributed by atoms with E-state index in [0.29, 0.717) is 23.8 Å². The molecule has 132 valence electrons. The highest BCUT2D eigenvalue weighted by molar-refractivity contribution is 5.95. The van der Waals surface area contributed by atoms with E-state index in [1.807, 2.05) is 30.5 Å². The Hall–Kier alpha value is -3.08. The molecule has 0 radical (unpaired) electrons. The average molecular weight is 347 g/mol. The molecule has 0 saturated carbocycles. The zero-order valence-corrected chi connectivity index (χ0v) is 14.6. The number of allylic oxidation sites excluding steroid dienone is 3. The maximum absolute atomic E-state index is 12.0. The first kappa shape index (κ1) is 16.4. The molecule has 0 spiro atoms. The molecule has 3 N–H and O–H groups in total. The summed E-state index contributed by atoms with van der Waals surface area (Å²) >= 11 is 0. The fourth-order valence-corrected chi connectivity index (χ4v) is 3.34. The second-order valence-corrected chi connectivity index (χ2v) is 6.65. The number of aromatic amines is 1. The van der Waals surface area contributed by atoms with E-state index in [-0.39, 0.29) is 0 Å². The molecule has 0 fully saturated rings. The van der Waals surface area contributed by atoms with Gasteiger partial charge in [0, 0.05) is 23.6 Å². The van der Waals surface area contributed by atoms with Crippen molar-refractivity contribution in [2.45, 2.75) is 19.8 Å². The van der Waals surface area contributed by atoms with Gasteiger partial charge in [0.15, 0.2) is 0 Å². The maximum atomic E-state index is 12.0. The Morgan fingerprint density at radius 3 is 2.73 bits per heavy atom. The smallest absolute Gasteiger partial charge is 0.253 e. The highest BCUT2D eigenvalue weighted by Gasteiger charge is 2.22. The van der Waals surface area contributed by atoms with Crippen LogP contribution in [0.3, 0.4) is 0 Å². The number of para-hydroxylation sites is 1. The lowest BCUT2D eigenvalue weighted by molar-refractivity contribution is 0.684. The SMILES string of the molecule is CCC1=CCC(CNc2c(Nc3c[nH]c4ccccc34)c(=O)c2=O)C=C1. The lowest BCUT2D eigenvalue weighted by Crippen LogP contribution is -2.37. The average Bonchev–Trinajstić information content (AvgIpc) is 3.10. The van der Waals surface area contributed by atoms with Crippen LogP contribution in [0, 0.1) is 5.92 Å². The highest BCUT2D eigenvalue weighted by atomic mass is 16.2. The van der Waals surface area contributed by atoms with Crippen LogP contribution >= 0.6 is 0 Å². The Balaban J connectivity index is 1.49. The summed E-state index contributed by atoms with van der Waals surface area (Å²) < 4.78 is 0. The summed E-state index contributed by atoms with van der Waals surface area (Å²) in [5, 5.41) is 7.27. The predicted molar refractivity (Wildman–Crippen MR) is 107 cm³/mol. The van der Waals surface area contributed by atoms with Crippen molar-refractivity contribution in [2.24, 2.45) is 5.92 Å². The van der Waals surface area contributed by atoms with E-state index < -0.39 is 10.9 Å². The van der Waals surface area contributed by atoms with E-state index in [2.05, 4.69) is 40.8 Å². The summed E-state index contributed by atoms with van der Waals surface area (Å²) in [6.07, 6.45) is 10.3. The number of benzene rings is 1. The van der Waals surface area contributed by atoms with Crippen molar-refractivity contribution in [1.29, 1.82) is 0 Å². The quantitative estimate of drug-likeness (QED) is 0.593. The van der Waals surface area contributed by atoms with Gasteiger partial charge in [-0.1, -0.05) is 48.9 Å². The summed E-state index contributed by atoms with van der Waals surface area (Å²) in [5.74, 6) is 0.329. The van der Waals surface area contributed by atoms with Crippen LogP contribution < -0.4 is 21.5 Å². The van der Waals surface area contributed by atoms with Gasteiger partial charge in [0.1, 0.15) is 11.4 Å². The number of fused-ring (bicyclic) bond motifs is 1. The van der Waals surface area contributed by atoms with Crippen LogP contribution in [0.15, 0.2) is 63.9 Å². The van der Waals surface area contributed by atoms with Crippen LogP contribution in [0.2, 0.25) is 0 Å². The number of nitrogens with one attached hydrogen (secondary N) is 3. The largest absolute Gasteiger partial charge is 0.379 e. The lowest BCUT2D eigenvalue weighted by atomic mass is 9.95. The topological polar surface area (TPSA) is 74.0 Å². The molecule has 0 saturated heterocycles. The number of hydrogen-bond acceptors (Lipinski definition) is 4. The van der Waals surface area contributed by atoms with Gasteiger partial charge in [0.2, 0.25) is 0 Å². The lowest BCUT2D eigenvalue weighted by Gasteiger charge is -2.19. The maximum Gasteiger partial charge on any atom is 0.253 e. The third kappa shape index (κ3) is 2.86. The van der Waals surface area contributed by atoms with Gasteiger partial charge in [0.25, 0.3) is 10.9 Å².